The first-order chi connectivity index (χ1) is 13.3. The van der Waals surface area contributed by atoms with Gasteiger partial charge in [-0.15, -0.1) is 0 Å². The molecule has 0 radical (unpaired) electrons. The zero-order valence-electron chi connectivity index (χ0n) is 17.6. The minimum absolute atomic E-state index is 0.00804. The predicted molar refractivity (Wildman–Crippen MR) is 114 cm³/mol. The highest BCUT2D eigenvalue weighted by Crippen LogP contribution is 2.32. The van der Waals surface area contributed by atoms with Gasteiger partial charge in [0.15, 0.2) is 0 Å². The van der Waals surface area contributed by atoms with Crippen LogP contribution in [-0.2, 0) is 5.41 Å². The number of aliphatic hydroxyl groups excluding tert-OH is 1. The Kier molecular flexibility index (Phi) is 6.57. The number of anilines is 1. The number of benzene rings is 1. The molecule has 0 saturated carbocycles. The molecule has 1 atom stereocenters. The topological polar surface area (TPSA) is 48.8 Å². The quantitative estimate of drug-likeness (QED) is 0.830. The molecule has 2 heterocycles. The Morgan fingerprint density at radius 2 is 1.86 bits per heavy atom. The number of aliphatic hydroxyl groups is 1. The van der Waals surface area contributed by atoms with Crippen LogP contribution >= 0.6 is 0 Å². The molecule has 3 rings (SSSR count). The minimum Gasteiger partial charge on any atom is -0.491 e. The molecule has 1 aliphatic heterocycles. The molecule has 1 aromatic carbocycles. The Labute approximate surface area is 169 Å². The van der Waals surface area contributed by atoms with Crippen LogP contribution in [0.4, 0.5) is 5.82 Å². The molecule has 0 aliphatic carbocycles. The van der Waals surface area contributed by atoms with Crippen LogP contribution in [-0.4, -0.2) is 60.4 Å². The van der Waals surface area contributed by atoms with E-state index >= 15 is 0 Å². The number of aryl methyl sites for hydroxylation is 1. The lowest BCUT2D eigenvalue weighted by Gasteiger charge is -2.36. The van der Waals surface area contributed by atoms with Gasteiger partial charge in [0, 0.05) is 38.9 Å². The third-order valence-electron chi connectivity index (χ3n) is 5.19. The summed E-state index contributed by atoms with van der Waals surface area (Å²) in [6.07, 6.45) is 1.33. The summed E-state index contributed by atoms with van der Waals surface area (Å²) in [5.74, 6) is 1.90. The van der Waals surface area contributed by atoms with Crippen molar-refractivity contribution in [1.82, 2.24) is 9.88 Å². The molecule has 0 amide bonds. The summed E-state index contributed by atoms with van der Waals surface area (Å²) in [5, 5.41) is 10.5. The standard InChI is InChI=1S/C23H33N3O2/c1-18-8-9-21(20(15-18)23(2,3)4)28-17-19(27)16-25-11-13-26(14-12-25)22-7-5-6-10-24-22/h5-10,15,19,27H,11-14,16-17H2,1-4H3/t19-/m1/s1. The first-order valence-corrected chi connectivity index (χ1v) is 10.1. The van der Waals surface area contributed by atoms with Crippen molar-refractivity contribution in [3.8, 4) is 5.75 Å². The Morgan fingerprint density at radius 3 is 2.50 bits per heavy atom. The molecule has 152 valence electrons. The molecule has 2 aromatic rings. The van der Waals surface area contributed by atoms with Gasteiger partial charge in [-0.05, 0) is 36.1 Å². The van der Waals surface area contributed by atoms with Crippen LogP contribution in [0, 0.1) is 6.92 Å². The van der Waals surface area contributed by atoms with Gasteiger partial charge in [0.1, 0.15) is 24.3 Å². The first-order valence-electron chi connectivity index (χ1n) is 10.1. The van der Waals surface area contributed by atoms with E-state index < -0.39 is 6.10 Å². The zero-order chi connectivity index (χ0) is 20.1. The molecule has 5 heteroatoms. The largest absolute Gasteiger partial charge is 0.491 e. The van der Waals surface area contributed by atoms with E-state index in [1.807, 2.05) is 30.5 Å². The molecule has 0 spiro atoms. The number of hydrogen-bond acceptors (Lipinski definition) is 5. The van der Waals surface area contributed by atoms with Crippen LogP contribution in [0.3, 0.4) is 0 Å². The van der Waals surface area contributed by atoms with Crippen LogP contribution in [0.1, 0.15) is 31.9 Å². The number of ether oxygens (including phenoxy) is 1. The van der Waals surface area contributed by atoms with Crippen molar-refractivity contribution in [2.45, 2.75) is 39.2 Å². The molecule has 1 N–H and O–H groups in total. The van der Waals surface area contributed by atoms with Crippen molar-refractivity contribution in [1.29, 1.82) is 0 Å². The molecule has 0 bridgehead atoms. The Hall–Kier alpha value is -2.11. The lowest BCUT2D eigenvalue weighted by Crippen LogP contribution is -2.49. The van der Waals surface area contributed by atoms with Crippen molar-refractivity contribution < 1.29 is 9.84 Å². The molecule has 0 unspecified atom stereocenters. The minimum atomic E-state index is -0.504. The summed E-state index contributed by atoms with van der Waals surface area (Å²) in [6, 6.07) is 12.3. The van der Waals surface area contributed by atoms with Crippen LogP contribution in [0.5, 0.6) is 5.75 Å². The van der Waals surface area contributed by atoms with Gasteiger partial charge < -0.3 is 14.7 Å². The summed E-state index contributed by atoms with van der Waals surface area (Å²) in [7, 11) is 0. The number of nitrogens with zero attached hydrogens (tertiary/aromatic N) is 3. The van der Waals surface area contributed by atoms with Crippen LogP contribution in [0.2, 0.25) is 0 Å². The van der Waals surface area contributed by atoms with Crippen LogP contribution in [0.25, 0.3) is 0 Å². The Balaban J connectivity index is 1.49. The maximum atomic E-state index is 10.5. The fraction of sp³-hybridized carbons (Fsp3) is 0.522. The monoisotopic (exact) mass is 383 g/mol. The molecular formula is C23H33N3O2. The van der Waals surface area contributed by atoms with Gasteiger partial charge in [-0.3, -0.25) is 4.90 Å². The molecule has 1 fully saturated rings. The summed E-state index contributed by atoms with van der Waals surface area (Å²) >= 11 is 0. The highest BCUT2D eigenvalue weighted by molar-refractivity contribution is 5.41. The van der Waals surface area contributed by atoms with E-state index in [1.54, 1.807) is 0 Å². The van der Waals surface area contributed by atoms with E-state index in [-0.39, 0.29) is 5.41 Å². The second kappa shape index (κ2) is 8.93. The van der Waals surface area contributed by atoms with Crippen molar-refractivity contribution in [3.05, 3.63) is 53.7 Å². The predicted octanol–water partition coefficient (Wildman–Crippen LogP) is 3.25. The lowest BCUT2D eigenvalue weighted by molar-refractivity contribution is 0.0656. The Morgan fingerprint density at radius 1 is 1.11 bits per heavy atom. The third kappa shape index (κ3) is 5.46. The average molecular weight is 384 g/mol. The van der Waals surface area contributed by atoms with Crippen LogP contribution < -0.4 is 9.64 Å². The smallest absolute Gasteiger partial charge is 0.128 e. The van der Waals surface area contributed by atoms with Gasteiger partial charge in [0.2, 0.25) is 0 Å². The van der Waals surface area contributed by atoms with Gasteiger partial charge in [-0.2, -0.15) is 0 Å². The summed E-state index contributed by atoms with van der Waals surface area (Å²) in [6.45, 7) is 13.3. The van der Waals surface area contributed by atoms with Gasteiger partial charge in [-0.25, -0.2) is 4.98 Å². The maximum absolute atomic E-state index is 10.5. The van der Waals surface area contributed by atoms with E-state index in [1.165, 1.54) is 11.1 Å². The summed E-state index contributed by atoms with van der Waals surface area (Å²) in [4.78, 5) is 9.02. The van der Waals surface area contributed by atoms with Gasteiger partial charge in [0.05, 0.1) is 0 Å². The molecule has 1 aliphatic rings. The fourth-order valence-electron chi connectivity index (χ4n) is 3.59. The number of hydrogen-bond donors (Lipinski definition) is 1. The zero-order valence-corrected chi connectivity index (χ0v) is 17.6. The van der Waals surface area contributed by atoms with Crippen molar-refractivity contribution >= 4 is 5.82 Å². The molecule has 1 saturated heterocycles. The maximum Gasteiger partial charge on any atom is 0.128 e. The van der Waals surface area contributed by atoms with Gasteiger partial charge in [0.25, 0.3) is 0 Å². The first kappa shape index (κ1) is 20.6. The number of rotatable bonds is 6. The molecule has 28 heavy (non-hydrogen) atoms. The SMILES string of the molecule is Cc1ccc(OC[C@H](O)CN2CCN(c3ccccn3)CC2)c(C(C)(C)C)c1. The summed E-state index contributed by atoms with van der Waals surface area (Å²) < 4.78 is 6.02. The van der Waals surface area contributed by atoms with E-state index in [0.717, 1.165) is 37.7 Å². The average Bonchev–Trinajstić information content (AvgIpc) is 2.67. The normalized spacial score (nSPS) is 16.8. The van der Waals surface area contributed by atoms with Gasteiger partial charge >= 0.3 is 0 Å². The summed E-state index contributed by atoms with van der Waals surface area (Å²) in [5.41, 5.74) is 2.42. The Bertz CT molecular complexity index is 750. The lowest BCUT2D eigenvalue weighted by atomic mass is 9.85. The van der Waals surface area contributed by atoms with E-state index in [0.29, 0.717) is 13.2 Å². The molecule has 5 nitrogen and oxygen atoms in total. The number of piperazine rings is 1. The van der Waals surface area contributed by atoms with E-state index in [9.17, 15) is 5.11 Å². The van der Waals surface area contributed by atoms with Crippen LogP contribution in [0.15, 0.2) is 42.6 Å². The fourth-order valence-corrected chi connectivity index (χ4v) is 3.59. The second-order valence-corrected chi connectivity index (χ2v) is 8.69. The third-order valence-corrected chi connectivity index (χ3v) is 5.19. The van der Waals surface area contributed by atoms with Crippen molar-refractivity contribution in [2.75, 3.05) is 44.2 Å². The van der Waals surface area contributed by atoms with E-state index in [4.69, 9.17) is 4.74 Å². The second-order valence-electron chi connectivity index (χ2n) is 8.69. The molecular weight excluding hydrogens is 350 g/mol. The van der Waals surface area contributed by atoms with Gasteiger partial charge in [-0.1, -0.05) is 44.5 Å². The highest BCUT2D eigenvalue weighted by atomic mass is 16.5. The van der Waals surface area contributed by atoms with E-state index in [2.05, 4.69) is 54.6 Å². The number of aromatic nitrogens is 1. The van der Waals surface area contributed by atoms with Crippen molar-refractivity contribution in [3.63, 3.8) is 0 Å². The number of β-amino-alcohol motifs (C(OH)–C–C–N with tert-alkyl or cyclic N) is 1. The number of pyridine rings is 1. The molecule has 1 aromatic heterocycles. The van der Waals surface area contributed by atoms with Crippen molar-refractivity contribution in [2.24, 2.45) is 0 Å². The highest BCUT2D eigenvalue weighted by Gasteiger charge is 2.22.